The first-order chi connectivity index (χ1) is 14.2. The van der Waals surface area contributed by atoms with E-state index in [-0.39, 0.29) is 0 Å². The molecule has 8 heteroatoms. The summed E-state index contributed by atoms with van der Waals surface area (Å²) in [6, 6.07) is 13.3. The highest BCUT2D eigenvalue weighted by Crippen LogP contribution is 2.23. The topological polar surface area (TPSA) is 85.6 Å². The van der Waals surface area contributed by atoms with E-state index in [0.29, 0.717) is 37.3 Å². The summed E-state index contributed by atoms with van der Waals surface area (Å²) in [5, 5.41) is 10.7. The lowest BCUT2D eigenvalue weighted by atomic mass is 10.2. The number of nitrogens with zero attached hydrogens (tertiary/aromatic N) is 4. The molecule has 8 nitrogen and oxygen atoms in total. The minimum Gasteiger partial charge on any atom is -0.494 e. The van der Waals surface area contributed by atoms with E-state index in [1.54, 1.807) is 19.4 Å². The Morgan fingerprint density at radius 2 is 1.79 bits per heavy atom. The van der Waals surface area contributed by atoms with Gasteiger partial charge in [-0.1, -0.05) is 0 Å². The van der Waals surface area contributed by atoms with Crippen molar-refractivity contribution in [3.63, 3.8) is 0 Å². The Kier molecular flexibility index (Phi) is 7.05. The van der Waals surface area contributed by atoms with Gasteiger partial charge in [0.25, 0.3) is 0 Å². The second kappa shape index (κ2) is 10.1. The zero-order valence-electron chi connectivity index (χ0n) is 16.9. The molecule has 2 heterocycles. The van der Waals surface area contributed by atoms with Crippen molar-refractivity contribution in [2.24, 2.45) is 12.0 Å². The van der Waals surface area contributed by atoms with Crippen LogP contribution in [0, 0.1) is 0 Å². The smallest absolute Gasteiger partial charge is 0.219 e. The van der Waals surface area contributed by atoms with Gasteiger partial charge in [-0.25, -0.2) is 4.98 Å². The van der Waals surface area contributed by atoms with Crippen molar-refractivity contribution in [2.45, 2.75) is 20.0 Å². The highest BCUT2D eigenvalue weighted by molar-refractivity contribution is 5.79. The SMILES string of the molecule is CCOc1ccc(Oc2cc(CNC(=NC)NCc3ccnn3C)ccn2)cc1. The zero-order chi connectivity index (χ0) is 20.5. The maximum atomic E-state index is 5.84. The molecule has 1 aromatic carbocycles. The van der Waals surface area contributed by atoms with Crippen LogP contribution in [0.5, 0.6) is 17.4 Å². The van der Waals surface area contributed by atoms with Crippen LogP contribution in [-0.4, -0.2) is 34.4 Å². The standard InChI is InChI=1S/C21H26N6O2/c1-4-28-18-5-7-19(8-6-18)29-20-13-16(9-11-23-20)14-24-21(22-2)25-15-17-10-12-26-27(17)3/h5-13H,4,14-15H2,1-3H3,(H2,22,24,25). The molecule has 2 N–H and O–H groups in total. The summed E-state index contributed by atoms with van der Waals surface area (Å²) in [6.45, 7) is 3.82. The number of guanidine groups is 1. The van der Waals surface area contributed by atoms with E-state index in [4.69, 9.17) is 9.47 Å². The van der Waals surface area contributed by atoms with E-state index in [2.05, 4.69) is 25.7 Å². The van der Waals surface area contributed by atoms with Gasteiger partial charge in [0.1, 0.15) is 11.5 Å². The van der Waals surface area contributed by atoms with Gasteiger partial charge in [-0.05, 0) is 48.9 Å². The summed E-state index contributed by atoms with van der Waals surface area (Å²) in [7, 11) is 3.65. The molecule has 0 atom stereocenters. The van der Waals surface area contributed by atoms with Crippen molar-refractivity contribution in [1.29, 1.82) is 0 Å². The Balaban J connectivity index is 1.54. The van der Waals surface area contributed by atoms with Crippen LogP contribution in [0.2, 0.25) is 0 Å². The molecule has 0 aliphatic rings. The second-order valence-corrected chi connectivity index (χ2v) is 6.23. The van der Waals surface area contributed by atoms with Crippen molar-refractivity contribution in [2.75, 3.05) is 13.7 Å². The lowest BCUT2D eigenvalue weighted by molar-refractivity contribution is 0.339. The van der Waals surface area contributed by atoms with Gasteiger partial charge >= 0.3 is 0 Å². The van der Waals surface area contributed by atoms with Gasteiger partial charge in [0.05, 0.1) is 18.8 Å². The van der Waals surface area contributed by atoms with Crippen LogP contribution < -0.4 is 20.1 Å². The number of benzene rings is 1. The molecule has 3 rings (SSSR count). The summed E-state index contributed by atoms with van der Waals surface area (Å²) in [6.07, 6.45) is 3.50. The van der Waals surface area contributed by atoms with Gasteiger partial charge in [-0.2, -0.15) is 5.10 Å². The Bertz CT molecular complexity index is 936. The molecular formula is C21H26N6O2. The number of hydrogen-bond acceptors (Lipinski definition) is 5. The first-order valence-electron chi connectivity index (χ1n) is 9.45. The van der Waals surface area contributed by atoms with Crippen LogP contribution in [0.25, 0.3) is 0 Å². The maximum absolute atomic E-state index is 5.84. The average molecular weight is 394 g/mol. The number of rotatable bonds is 8. The summed E-state index contributed by atoms with van der Waals surface area (Å²) >= 11 is 0. The monoisotopic (exact) mass is 394 g/mol. The number of aryl methyl sites for hydroxylation is 1. The van der Waals surface area contributed by atoms with Gasteiger partial charge in [0.2, 0.25) is 5.88 Å². The fourth-order valence-corrected chi connectivity index (χ4v) is 2.66. The first kappa shape index (κ1) is 20.2. The van der Waals surface area contributed by atoms with Crippen molar-refractivity contribution < 1.29 is 9.47 Å². The average Bonchev–Trinajstić information content (AvgIpc) is 3.15. The summed E-state index contributed by atoms with van der Waals surface area (Å²) in [5.74, 6) is 2.76. The minimum absolute atomic E-state index is 0.534. The molecule has 29 heavy (non-hydrogen) atoms. The molecule has 0 spiro atoms. The highest BCUT2D eigenvalue weighted by atomic mass is 16.5. The fraction of sp³-hybridized carbons (Fsp3) is 0.286. The Morgan fingerprint density at radius 3 is 2.48 bits per heavy atom. The summed E-state index contributed by atoms with van der Waals surface area (Å²) < 4.78 is 13.1. The van der Waals surface area contributed by atoms with Gasteiger partial charge in [0, 0.05) is 39.1 Å². The van der Waals surface area contributed by atoms with E-state index in [9.17, 15) is 0 Å². The molecule has 3 aromatic rings. The molecule has 2 aromatic heterocycles. The van der Waals surface area contributed by atoms with Crippen molar-refractivity contribution in [3.05, 3.63) is 66.1 Å². The lowest BCUT2D eigenvalue weighted by Crippen LogP contribution is -2.36. The first-order valence-corrected chi connectivity index (χ1v) is 9.45. The quantitative estimate of drug-likeness (QED) is 0.451. The van der Waals surface area contributed by atoms with Gasteiger partial charge in [-0.3, -0.25) is 9.67 Å². The molecule has 0 bridgehead atoms. The third kappa shape index (κ3) is 5.97. The molecule has 152 valence electrons. The molecule has 0 fully saturated rings. The number of hydrogen-bond donors (Lipinski definition) is 2. The van der Waals surface area contributed by atoms with Gasteiger partial charge < -0.3 is 20.1 Å². The van der Waals surface area contributed by atoms with Crippen molar-refractivity contribution in [1.82, 2.24) is 25.4 Å². The Hall–Kier alpha value is -3.55. The van der Waals surface area contributed by atoms with Gasteiger partial charge in [0.15, 0.2) is 5.96 Å². The summed E-state index contributed by atoms with van der Waals surface area (Å²) in [4.78, 5) is 8.54. The van der Waals surface area contributed by atoms with E-state index in [1.165, 1.54) is 0 Å². The van der Waals surface area contributed by atoms with E-state index >= 15 is 0 Å². The predicted molar refractivity (Wildman–Crippen MR) is 112 cm³/mol. The van der Waals surface area contributed by atoms with Crippen LogP contribution in [0.15, 0.2) is 59.9 Å². The molecule has 0 saturated carbocycles. The van der Waals surface area contributed by atoms with Crippen LogP contribution in [0.4, 0.5) is 0 Å². The lowest BCUT2D eigenvalue weighted by Gasteiger charge is -2.12. The molecule has 0 aliphatic carbocycles. The largest absolute Gasteiger partial charge is 0.494 e. The maximum Gasteiger partial charge on any atom is 0.219 e. The van der Waals surface area contributed by atoms with Crippen LogP contribution in [0.3, 0.4) is 0 Å². The highest BCUT2D eigenvalue weighted by Gasteiger charge is 2.04. The molecule has 0 amide bonds. The third-order valence-electron chi connectivity index (χ3n) is 4.20. The van der Waals surface area contributed by atoms with Crippen molar-refractivity contribution >= 4 is 5.96 Å². The number of aliphatic imine (C=N–C) groups is 1. The molecule has 0 unspecified atom stereocenters. The minimum atomic E-state index is 0.534. The predicted octanol–water partition coefficient (Wildman–Crippen LogP) is 2.87. The fourth-order valence-electron chi connectivity index (χ4n) is 2.66. The second-order valence-electron chi connectivity index (χ2n) is 6.23. The van der Waals surface area contributed by atoms with E-state index < -0.39 is 0 Å². The van der Waals surface area contributed by atoms with E-state index in [1.807, 2.05) is 61.1 Å². The molecule has 0 radical (unpaired) electrons. The summed E-state index contributed by atoms with van der Waals surface area (Å²) in [5.41, 5.74) is 2.10. The Morgan fingerprint density at radius 1 is 1.03 bits per heavy atom. The number of ether oxygens (including phenoxy) is 2. The van der Waals surface area contributed by atoms with Gasteiger partial charge in [-0.15, -0.1) is 0 Å². The molecular weight excluding hydrogens is 368 g/mol. The van der Waals surface area contributed by atoms with Crippen LogP contribution in [0.1, 0.15) is 18.2 Å². The number of aromatic nitrogens is 3. The molecule has 0 aliphatic heterocycles. The molecule has 0 saturated heterocycles. The number of nitrogens with one attached hydrogen (secondary N) is 2. The number of pyridine rings is 1. The Labute approximate surface area is 170 Å². The van der Waals surface area contributed by atoms with E-state index in [0.717, 1.165) is 17.0 Å². The third-order valence-corrected chi connectivity index (χ3v) is 4.20. The van der Waals surface area contributed by atoms with Crippen LogP contribution >= 0.6 is 0 Å². The van der Waals surface area contributed by atoms with Crippen molar-refractivity contribution in [3.8, 4) is 17.4 Å². The normalized spacial score (nSPS) is 11.2. The zero-order valence-corrected chi connectivity index (χ0v) is 16.9. The van der Waals surface area contributed by atoms with Crippen LogP contribution in [-0.2, 0) is 20.1 Å².